The van der Waals surface area contributed by atoms with Crippen LogP contribution in [0.25, 0.3) is 0 Å². The SMILES string of the molecule is CCCCN1C(=O)CNC(=O)C12CCN(Cc1ccc(CN3CCCCC3)cc1)CC2. The number of nitrogens with zero attached hydrogens (tertiary/aromatic N) is 3. The van der Waals surface area contributed by atoms with Crippen LogP contribution in [0.3, 0.4) is 0 Å². The minimum absolute atomic E-state index is 0.0462. The number of amides is 2. The number of piperazine rings is 1. The Morgan fingerprint density at radius 1 is 0.871 bits per heavy atom. The molecular weight excluding hydrogens is 388 g/mol. The molecule has 1 N–H and O–H groups in total. The van der Waals surface area contributed by atoms with Gasteiger partial charge in [0.2, 0.25) is 11.8 Å². The monoisotopic (exact) mass is 426 g/mol. The summed E-state index contributed by atoms with van der Waals surface area (Å²) in [5.41, 5.74) is 2.08. The van der Waals surface area contributed by atoms with Crippen LogP contribution >= 0.6 is 0 Å². The Hall–Kier alpha value is -1.92. The molecule has 1 aromatic rings. The fraction of sp³-hybridized carbons (Fsp3) is 0.680. The third kappa shape index (κ3) is 5.12. The molecule has 3 saturated heterocycles. The van der Waals surface area contributed by atoms with E-state index >= 15 is 0 Å². The van der Waals surface area contributed by atoms with Gasteiger partial charge in [0.05, 0.1) is 6.54 Å². The number of piperidine rings is 2. The third-order valence-corrected chi connectivity index (χ3v) is 7.34. The van der Waals surface area contributed by atoms with Gasteiger partial charge in [-0.05, 0) is 56.3 Å². The molecule has 0 atom stereocenters. The summed E-state index contributed by atoms with van der Waals surface area (Å²) in [7, 11) is 0. The lowest BCUT2D eigenvalue weighted by molar-refractivity contribution is -0.157. The van der Waals surface area contributed by atoms with E-state index in [4.69, 9.17) is 0 Å². The third-order valence-electron chi connectivity index (χ3n) is 7.34. The van der Waals surface area contributed by atoms with Gasteiger partial charge >= 0.3 is 0 Å². The van der Waals surface area contributed by atoms with Gasteiger partial charge in [0.1, 0.15) is 5.54 Å². The zero-order chi connectivity index (χ0) is 21.7. The molecule has 170 valence electrons. The Labute approximate surface area is 187 Å². The van der Waals surface area contributed by atoms with E-state index in [9.17, 15) is 9.59 Å². The van der Waals surface area contributed by atoms with Crippen LogP contribution in [0.15, 0.2) is 24.3 Å². The molecule has 3 aliphatic rings. The van der Waals surface area contributed by atoms with Gasteiger partial charge in [0.15, 0.2) is 0 Å². The maximum atomic E-state index is 12.8. The molecule has 0 bridgehead atoms. The van der Waals surface area contributed by atoms with E-state index in [1.165, 1.54) is 43.5 Å². The summed E-state index contributed by atoms with van der Waals surface area (Å²) in [5.74, 6) is 0.121. The maximum Gasteiger partial charge on any atom is 0.246 e. The lowest BCUT2D eigenvalue weighted by Gasteiger charge is -2.50. The van der Waals surface area contributed by atoms with Gasteiger partial charge in [0.25, 0.3) is 0 Å². The van der Waals surface area contributed by atoms with Crippen molar-refractivity contribution in [1.29, 1.82) is 0 Å². The Balaban J connectivity index is 1.32. The van der Waals surface area contributed by atoms with Crippen molar-refractivity contribution in [2.75, 3.05) is 39.3 Å². The highest BCUT2D eigenvalue weighted by atomic mass is 16.2. The van der Waals surface area contributed by atoms with Gasteiger partial charge in [0, 0.05) is 32.7 Å². The highest BCUT2D eigenvalue weighted by molar-refractivity contribution is 5.98. The fourth-order valence-corrected chi connectivity index (χ4v) is 5.39. The van der Waals surface area contributed by atoms with Crippen molar-refractivity contribution >= 4 is 11.8 Å². The average Bonchev–Trinajstić information content (AvgIpc) is 2.80. The fourth-order valence-electron chi connectivity index (χ4n) is 5.39. The van der Waals surface area contributed by atoms with Crippen LogP contribution in [0.1, 0.15) is 63.0 Å². The maximum absolute atomic E-state index is 12.8. The second-order valence-electron chi connectivity index (χ2n) is 9.54. The molecule has 1 aromatic carbocycles. The van der Waals surface area contributed by atoms with Crippen molar-refractivity contribution in [2.24, 2.45) is 0 Å². The van der Waals surface area contributed by atoms with E-state index in [1.54, 1.807) is 0 Å². The minimum Gasteiger partial charge on any atom is -0.345 e. The van der Waals surface area contributed by atoms with Gasteiger partial charge in [-0.25, -0.2) is 0 Å². The average molecular weight is 427 g/mol. The number of carbonyl (C=O) groups excluding carboxylic acids is 2. The van der Waals surface area contributed by atoms with Crippen molar-refractivity contribution in [3.63, 3.8) is 0 Å². The van der Waals surface area contributed by atoms with Crippen molar-refractivity contribution in [3.8, 4) is 0 Å². The van der Waals surface area contributed by atoms with E-state index in [0.717, 1.165) is 51.9 Å². The highest BCUT2D eigenvalue weighted by Gasteiger charge is 2.50. The standard InChI is InChI=1S/C25H38N4O2/c1-2-3-15-29-23(30)18-26-24(31)25(29)11-16-28(17-12-25)20-22-9-7-21(8-10-22)19-27-13-5-4-6-14-27/h7-10H,2-6,11-20H2,1H3,(H,26,31). The molecule has 3 aliphatic heterocycles. The Morgan fingerprint density at radius 3 is 2.03 bits per heavy atom. The largest absolute Gasteiger partial charge is 0.345 e. The molecule has 0 saturated carbocycles. The number of nitrogens with one attached hydrogen (secondary N) is 1. The van der Waals surface area contributed by atoms with Crippen LogP contribution in [0, 0.1) is 0 Å². The van der Waals surface area contributed by atoms with Crippen molar-refractivity contribution in [3.05, 3.63) is 35.4 Å². The Morgan fingerprint density at radius 2 is 1.45 bits per heavy atom. The molecule has 0 aromatic heterocycles. The van der Waals surface area contributed by atoms with Crippen LogP contribution in [-0.4, -0.2) is 71.3 Å². The molecule has 3 heterocycles. The second-order valence-corrected chi connectivity index (χ2v) is 9.54. The first-order valence-electron chi connectivity index (χ1n) is 12.2. The summed E-state index contributed by atoms with van der Waals surface area (Å²) >= 11 is 0. The quantitative estimate of drug-likeness (QED) is 0.729. The molecule has 31 heavy (non-hydrogen) atoms. The number of hydrogen-bond donors (Lipinski definition) is 1. The zero-order valence-corrected chi connectivity index (χ0v) is 19.1. The van der Waals surface area contributed by atoms with Crippen LogP contribution in [-0.2, 0) is 22.7 Å². The van der Waals surface area contributed by atoms with E-state index in [-0.39, 0.29) is 18.4 Å². The molecule has 4 rings (SSSR count). The number of unbranched alkanes of at least 4 members (excludes halogenated alkanes) is 1. The van der Waals surface area contributed by atoms with E-state index in [0.29, 0.717) is 6.54 Å². The van der Waals surface area contributed by atoms with Crippen molar-refractivity contribution in [1.82, 2.24) is 20.0 Å². The van der Waals surface area contributed by atoms with Crippen LogP contribution in [0.5, 0.6) is 0 Å². The van der Waals surface area contributed by atoms with E-state index in [2.05, 4.69) is 46.3 Å². The number of likely N-dealkylation sites (tertiary alicyclic amines) is 2. The summed E-state index contributed by atoms with van der Waals surface area (Å²) in [5, 5.41) is 2.85. The first-order valence-corrected chi connectivity index (χ1v) is 12.2. The molecule has 6 heteroatoms. The van der Waals surface area contributed by atoms with E-state index < -0.39 is 5.54 Å². The Bertz CT molecular complexity index is 749. The summed E-state index contributed by atoms with van der Waals surface area (Å²) in [6.07, 6.45) is 7.46. The first kappa shape index (κ1) is 22.3. The molecule has 1 spiro atoms. The van der Waals surface area contributed by atoms with Gasteiger partial charge in [-0.2, -0.15) is 0 Å². The number of rotatable bonds is 7. The highest BCUT2D eigenvalue weighted by Crippen LogP contribution is 2.32. The lowest BCUT2D eigenvalue weighted by Crippen LogP contribution is -2.70. The molecule has 3 fully saturated rings. The van der Waals surface area contributed by atoms with Crippen molar-refractivity contribution in [2.45, 2.75) is 70.5 Å². The number of hydrogen-bond acceptors (Lipinski definition) is 4. The van der Waals surface area contributed by atoms with Gasteiger partial charge in [-0.15, -0.1) is 0 Å². The predicted octanol–water partition coefficient (Wildman–Crippen LogP) is 2.77. The normalized spacial score (nSPS) is 22.7. The molecule has 2 amide bonds. The van der Waals surface area contributed by atoms with Gasteiger partial charge in [-0.3, -0.25) is 19.4 Å². The first-order chi connectivity index (χ1) is 15.1. The number of carbonyl (C=O) groups is 2. The van der Waals surface area contributed by atoms with Crippen LogP contribution in [0.2, 0.25) is 0 Å². The summed E-state index contributed by atoms with van der Waals surface area (Å²) < 4.78 is 0. The lowest BCUT2D eigenvalue weighted by atomic mass is 9.82. The summed E-state index contributed by atoms with van der Waals surface area (Å²) in [4.78, 5) is 32.3. The predicted molar refractivity (Wildman–Crippen MR) is 122 cm³/mol. The van der Waals surface area contributed by atoms with Crippen LogP contribution < -0.4 is 5.32 Å². The molecule has 6 nitrogen and oxygen atoms in total. The molecule has 0 radical (unpaired) electrons. The molecular formula is C25H38N4O2. The van der Waals surface area contributed by atoms with Crippen molar-refractivity contribution < 1.29 is 9.59 Å². The zero-order valence-electron chi connectivity index (χ0n) is 19.1. The van der Waals surface area contributed by atoms with Gasteiger partial charge in [-0.1, -0.05) is 44.0 Å². The molecule has 0 aliphatic carbocycles. The molecule has 0 unspecified atom stereocenters. The summed E-state index contributed by atoms with van der Waals surface area (Å²) in [6.45, 7) is 9.08. The second kappa shape index (κ2) is 10.1. The number of benzene rings is 1. The summed E-state index contributed by atoms with van der Waals surface area (Å²) in [6, 6.07) is 9.06. The topological polar surface area (TPSA) is 55.9 Å². The van der Waals surface area contributed by atoms with Crippen LogP contribution in [0.4, 0.5) is 0 Å². The minimum atomic E-state index is -0.640. The smallest absolute Gasteiger partial charge is 0.246 e. The van der Waals surface area contributed by atoms with E-state index in [1.807, 2.05) is 4.90 Å². The Kier molecular flexibility index (Phi) is 7.28. The van der Waals surface area contributed by atoms with Gasteiger partial charge < -0.3 is 10.2 Å².